The Labute approximate surface area is 215 Å². The smallest absolute Gasteiger partial charge is 0.342 e. The molecule has 2 heterocycles. The van der Waals surface area contributed by atoms with Gasteiger partial charge in [-0.15, -0.1) is 0 Å². The summed E-state index contributed by atoms with van der Waals surface area (Å²) in [6, 6.07) is 27.7. The van der Waals surface area contributed by atoms with Crippen LogP contribution in [0.5, 0.6) is 0 Å². The van der Waals surface area contributed by atoms with E-state index >= 15 is 0 Å². The number of aromatic amines is 1. The van der Waals surface area contributed by atoms with Gasteiger partial charge in [0.15, 0.2) is 6.61 Å². The van der Waals surface area contributed by atoms with Crippen LogP contribution in [-0.4, -0.2) is 59.8 Å². The Kier molecular flexibility index (Phi) is 7.57. The number of aromatic nitrogens is 2. The molecule has 1 aromatic heterocycles. The summed E-state index contributed by atoms with van der Waals surface area (Å²) in [7, 11) is 0. The van der Waals surface area contributed by atoms with E-state index in [0.717, 1.165) is 44.0 Å². The first kappa shape index (κ1) is 24.3. The number of nitrogens with zero attached hydrogens (tertiary/aromatic N) is 3. The van der Waals surface area contributed by atoms with Gasteiger partial charge in [-0.3, -0.25) is 14.8 Å². The van der Waals surface area contributed by atoms with Crippen molar-refractivity contribution in [2.75, 3.05) is 43.0 Å². The number of anilines is 2. The van der Waals surface area contributed by atoms with Crippen molar-refractivity contribution >= 4 is 23.3 Å². The van der Waals surface area contributed by atoms with Gasteiger partial charge >= 0.3 is 5.97 Å². The summed E-state index contributed by atoms with van der Waals surface area (Å²) in [5.74, 6) is -1.01. The molecule has 1 aliphatic rings. The van der Waals surface area contributed by atoms with Crippen LogP contribution in [0.4, 0.5) is 11.4 Å². The molecule has 0 aliphatic carbocycles. The molecule has 5 rings (SSSR count). The van der Waals surface area contributed by atoms with E-state index in [-0.39, 0.29) is 12.2 Å². The molecule has 4 aromatic rings. The molecule has 0 saturated carbocycles. The zero-order valence-corrected chi connectivity index (χ0v) is 20.5. The number of amides is 1. The third-order valence-corrected chi connectivity index (χ3v) is 6.39. The molecule has 37 heavy (non-hydrogen) atoms. The van der Waals surface area contributed by atoms with E-state index in [0.29, 0.717) is 11.4 Å². The van der Waals surface area contributed by atoms with Crippen molar-refractivity contribution in [3.05, 3.63) is 102 Å². The Bertz CT molecular complexity index is 1310. The summed E-state index contributed by atoms with van der Waals surface area (Å²) in [5, 5.41) is 9.56. The maximum Gasteiger partial charge on any atom is 0.342 e. The SMILES string of the molecule is O=C(COC(=O)c1cn[nH]c1-c1ccccc1)Nc1ccc(N2CCN(Cc3ccccc3)CC2)cc1. The van der Waals surface area contributed by atoms with Gasteiger partial charge in [0.25, 0.3) is 5.91 Å². The third kappa shape index (κ3) is 6.23. The fraction of sp³-hybridized carbons (Fsp3) is 0.207. The molecule has 2 N–H and O–H groups in total. The number of hydrogen-bond acceptors (Lipinski definition) is 6. The number of benzene rings is 3. The van der Waals surface area contributed by atoms with Crippen LogP contribution in [0.15, 0.2) is 91.1 Å². The molecule has 1 aliphatic heterocycles. The lowest BCUT2D eigenvalue weighted by atomic mass is 10.1. The lowest BCUT2D eigenvalue weighted by Gasteiger charge is -2.36. The number of ether oxygens (including phenoxy) is 1. The lowest BCUT2D eigenvalue weighted by Crippen LogP contribution is -2.45. The van der Waals surface area contributed by atoms with Crippen molar-refractivity contribution < 1.29 is 14.3 Å². The minimum atomic E-state index is -0.607. The van der Waals surface area contributed by atoms with E-state index in [4.69, 9.17) is 4.74 Å². The number of H-pyrrole nitrogens is 1. The van der Waals surface area contributed by atoms with Crippen LogP contribution in [0.1, 0.15) is 15.9 Å². The van der Waals surface area contributed by atoms with Gasteiger partial charge < -0.3 is 15.0 Å². The van der Waals surface area contributed by atoms with Gasteiger partial charge in [-0.1, -0.05) is 60.7 Å². The van der Waals surface area contributed by atoms with Crippen molar-refractivity contribution in [1.29, 1.82) is 0 Å². The molecule has 1 saturated heterocycles. The van der Waals surface area contributed by atoms with E-state index in [9.17, 15) is 9.59 Å². The summed E-state index contributed by atoms with van der Waals surface area (Å²) < 4.78 is 5.23. The summed E-state index contributed by atoms with van der Waals surface area (Å²) in [4.78, 5) is 29.7. The molecule has 188 valence electrons. The minimum absolute atomic E-state index is 0.284. The first-order valence-electron chi connectivity index (χ1n) is 12.3. The Morgan fingerprint density at radius 1 is 0.865 bits per heavy atom. The van der Waals surface area contributed by atoms with Gasteiger partial charge in [0.2, 0.25) is 0 Å². The van der Waals surface area contributed by atoms with Gasteiger partial charge in [-0.2, -0.15) is 5.10 Å². The largest absolute Gasteiger partial charge is 0.452 e. The first-order valence-corrected chi connectivity index (χ1v) is 12.3. The highest BCUT2D eigenvalue weighted by Gasteiger charge is 2.19. The Hall–Kier alpha value is -4.43. The van der Waals surface area contributed by atoms with E-state index in [1.807, 2.05) is 60.7 Å². The standard InChI is InChI=1S/C29H29N5O3/c35-27(21-37-29(36)26-19-30-32-28(26)23-9-5-2-6-10-23)31-24-11-13-25(14-12-24)34-17-15-33(16-18-34)20-22-7-3-1-4-8-22/h1-14,19H,15-18,20-21H2,(H,30,32)(H,31,35). The second-order valence-corrected chi connectivity index (χ2v) is 8.94. The molecule has 0 radical (unpaired) electrons. The molecular weight excluding hydrogens is 466 g/mol. The number of piperazine rings is 1. The quantitative estimate of drug-likeness (QED) is 0.356. The second kappa shape index (κ2) is 11.5. The molecule has 3 aromatic carbocycles. The van der Waals surface area contributed by atoms with Gasteiger partial charge in [0, 0.05) is 49.7 Å². The minimum Gasteiger partial charge on any atom is -0.452 e. The summed E-state index contributed by atoms with van der Waals surface area (Å²) in [6.07, 6.45) is 1.41. The molecule has 0 bridgehead atoms. The summed E-state index contributed by atoms with van der Waals surface area (Å²) in [5.41, 5.74) is 4.77. The Morgan fingerprint density at radius 3 is 2.24 bits per heavy atom. The lowest BCUT2D eigenvalue weighted by molar-refractivity contribution is -0.119. The maximum atomic E-state index is 12.5. The van der Waals surface area contributed by atoms with Crippen molar-refractivity contribution in [2.24, 2.45) is 0 Å². The van der Waals surface area contributed by atoms with Crippen molar-refractivity contribution in [1.82, 2.24) is 15.1 Å². The van der Waals surface area contributed by atoms with E-state index in [1.165, 1.54) is 11.8 Å². The average Bonchev–Trinajstić information content (AvgIpc) is 3.44. The van der Waals surface area contributed by atoms with Crippen LogP contribution in [0.2, 0.25) is 0 Å². The number of esters is 1. The maximum absolute atomic E-state index is 12.5. The molecule has 8 nitrogen and oxygen atoms in total. The van der Waals surface area contributed by atoms with Crippen LogP contribution < -0.4 is 10.2 Å². The van der Waals surface area contributed by atoms with Crippen LogP contribution >= 0.6 is 0 Å². The highest BCUT2D eigenvalue weighted by Crippen LogP contribution is 2.22. The Morgan fingerprint density at radius 2 is 1.54 bits per heavy atom. The first-order chi connectivity index (χ1) is 18.2. The topological polar surface area (TPSA) is 90.6 Å². The van der Waals surface area contributed by atoms with Gasteiger partial charge in [0.1, 0.15) is 5.56 Å². The molecule has 1 amide bonds. The van der Waals surface area contributed by atoms with E-state index in [1.54, 1.807) is 0 Å². The molecule has 8 heteroatoms. The number of hydrogen-bond donors (Lipinski definition) is 2. The Balaban J connectivity index is 1.08. The summed E-state index contributed by atoms with van der Waals surface area (Å²) >= 11 is 0. The van der Waals surface area contributed by atoms with Crippen LogP contribution in [0, 0.1) is 0 Å². The fourth-order valence-electron chi connectivity index (χ4n) is 4.43. The normalized spacial score (nSPS) is 13.8. The molecule has 0 atom stereocenters. The van der Waals surface area contributed by atoms with Crippen LogP contribution in [0.25, 0.3) is 11.3 Å². The molecule has 1 fully saturated rings. The van der Waals surface area contributed by atoms with E-state index < -0.39 is 11.9 Å². The zero-order valence-electron chi connectivity index (χ0n) is 20.5. The van der Waals surface area contributed by atoms with E-state index in [2.05, 4.69) is 49.6 Å². The predicted molar refractivity (Wildman–Crippen MR) is 143 cm³/mol. The summed E-state index contributed by atoms with van der Waals surface area (Å²) in [6.45, 7) is 4.49. The zero-order chi connectivity index (χ0) is 25.5. The molecule has 0 spiro atoms. The highest BCUT2D eigenvalue weighted by atomic mass is 16.5. The van der Waals surface area contributed by atoms with Crippen molar-refractivity contribution in [3.8, 4) is 11.3 Å². The number of nitrogens with one attached hydrogen (secondary N) is 2. The molecule has 0 unspecified atom stereocenters. The van der Waals surface area contributed by atoms with Gasteiger partial charge in [-0.25, -0.2) is 4.79 Å². The van der Waals surface area contributed by atoms with Crippen LogP contribution in [0.3, 0.4) is 0 Å². The van der Waals surface area contributed by atoms with Gasteiger partial charge in [-0.05, 0) is 29.8 Å². The third-order valence-electron chi connectivity index (χ3n) is 6.39. The fourth-order valence-corrected chi connectivity index (χ4v) is 4.43. The average molecular weight is 496 g/mol. The number of carbonyl (C=O) groups excluding carboxylic acids is 2. The van der Waals surface area contributed by atoms with Crippen molar-refractivity contribution in [2.45, 2.75) is 6.54 Å². The van der Waals surface area contributed by atoms with Gasteiger partial charge in [0.05, 0.1) is 11.9 Å². The highest BCUT2D eigenvalue weighted by molar-refractivity contribution is 5.98. The second-order valence-electron chi connectivity index (χ2n) is 8.94. The predicted octanol–water partition coefficient (Wildman–Crippen LogP) is 4.19. The number of rotatable bonds is 8. The van der Waals surface area contributed by atoms with Crippen molar-refractivity contribution in [3.63, 3.8) is 0 Å². The monoisotopic (exact) mass is 495 g/mol. The number of carbonyl (C=O) groups is 2. The molecular formula is C29H29N5O3. The van der Waals surface area contributed by atoms with Crippen LogP contribution in [-0.2, 0) is 16.1 Å².